The second-order valence-corrected chi connectivity index (χ2v) is 6.63. The molecule has 0 amide bonds. The summed E-state index contributed by atoms with van der Waals surface area (Å²) in [6, 6.07) is 2.08. The van der Waals surface area contributed by atoms with Crippen LogP contribution in [-0.4, -0.2) is 28.7 Å². The number of thiazole rings is 1. The van der Waals surface area contributed by atoms with Gasteiger partial charge in [-0.2, -0.15) is 5.10 Å². The van der Waals surface area contributed by atoms with Crippen molar-refractivity contribution in [1.82, 2.24) is 28.7 Å². The molecule has 0 aliphatic rings. The van der Waals surface area contributed by atoms with Gasteiger partial charge in [0.15, 0.2) is 15.9 Å². The fourth-order valence-corrected chi connectivity index (χ4v) is 3.79. The second kappa shape index (κ2) is 5.50. The molecule has 0 saturated heterocycles. The normalized spacial score (nSPS) is 11.6. The molecule has 0 bridgehead atoms. The zero-order valence-electron chi connectivity index (χ0n) is 12.8. The standard InChI is InChI=1S/C15H15ClN6S/c1-10-9-11(2)22(19-10)6-5-20-4-3-17-14(20)12-13(16)18-15-21(12)7-8-23-15/h3-4,7-9H,5-6H2,1-2H3. The van der Waals surface area contributed by atoms with Gasteiger partial charge in [0.2, 0.25) is 0 Å². The van der Waals surface area contributed by atoms with Crippen LogP contribution in [0.15, 0.2) is 30.0 Å². The Morgan fingerprint density at radius 1 is 1.22 bits per heavy atom. The Balaban J connectivity index is 1.67. The van der Waals surface area contributed by atoms with E-state index in [0.29, 0.717) is 5.15 Å². The van der Waals surface area contributed by atoms with Gasteiger partial charge >= 0.3 is 0 Å². The summed E-state index contributed by atoms with van der Waals surface area (Å²) in [6.07, 6.45) is 5.72. The molecule has 0 aliphatic heterocycles. The molecule has 4 rings (SSSR count). The second-order valence-electron chi connectivity index (χ2n) is 5.40. The highest BCUT2D eigenvalue weighted by molar-refractivity contribution is 7.15. The third-order valence-corrected chi connectivity index (χ3v) is 4.82. The molecule has 0 saturated carbocycles. The van der Waals surface area contributed by atoms with E-state index in [1.165, 1.54) is 0 Å². The lowest BCUT2D eigenvalue weighted by atomic mass is 10.4. The summed E-state index contributed by atoms with van der Waals surface area (Å²) in [4.78, 5) is 9.74. The number of hydrogen-bond donors (Lipinski definition) is 0. The van der Waals surface area contributed by atoms with Gasteiger partial charge in [0, 0.05) is 36.2 Å². The van der Waals surface area contributed by atoms with Crippen LogP contribution < -0.4 is 0 Å². The van der Waals surface area contributed by atoms with Gasteiger partial charge in [0.05, 0.1) is 12.2 Å². The molecule has 0 spiro atoms. The largest absolute Gasteiger partial charge is 0.328 e. The van der Waals surface area contributed by atoms with Crippen molar-refractivity contribution in [3.8, 4) is 11.5 Å². The summed E-state index contributed by atoms with van der Waals surface area (Å²) in [7, 11) is 0. The summed E-state index contributed by atoms with van der Waals surface area (Å²) in [5.74, 6) is 0.822. The lowest BCUT2D eigenvalue weighted by Gasteiger charge is -2.09. The minimum Gasteiger partial charge on any atom is -0.328 e. The van der Waals surface area contributed by atoms with E-state index in [0.717, 1.165) is 41.0 Å². The van der Waals surface area contributed by atoms with Crippen molar-refractivity contribution in [2.75, 3.05) is 0 Å². The van der Waals surface area contributed by atoms with E-state index in [1.54, 1.807) is 17.5 Å². The first-order valence-electron chi connectivity index (χ1n) is 7.27. The first-order chi connectivity index (χ1) is 11.1. The maximum atomic E-state index is 6.32. The average Bonchev–Trinajstić information content (AvgIpc) is 3.22. The van der Waals surface area contributed by atoms with Crippen LogP contribution in [0.5, 0.6) is 0 Å². The van der Waals surface area contributed by atoms with Gasteiger partial charge in [0.1, 0.15) is 5.69 Å². The molecule has 23 heavy (non-hydrogen) atoms. The van der Waals surface area contributed by atoms with Crippen molar-refractivity contribution in [3.05, 3.63) is 46.6 Å². The van der Waals surface area contributed by atoms with Crippen LogP contribution in [0.4, 0.5) is 0 Å². The Labute approximate surface area is 142 Å². The molecule has 0 radical (unpaired) electrons. The van der Waals surface area contributed by atoms with E-state index in [9.17, 15) is 0 Å². The van der Waals surface area contributed by atoms with Gasteiger partial charge in [-0.3, -0.25) is 9.08 Å². The van der Waals surface area contributed by atoms with Crippen molar-refractivity contribution < 1.29 is 0 Å². The van der Waals surface area contributed by atoms with Gasteiger partial charge < -0.3 is 4.57 Å². The predicted octanol–water partition coefficient (Wildman–Crippen LogP) is 3.43. The lowest BCUT2D eigenvalue weighted by molar-refractivity contribution is 0.523. The van der Waals surface area contributed by atoms with Crippen molar-refractivity contribution >= 4 is 27.9 Å². The number of nitrogens with zero attached hydrogens (tertiary/aromatic N) is 6. The molecule has 0 fully saturated rings. The number of rotatable bonds is 4. The molecule has 0 unspecified atom stereocenters. The number of fused-ring (bicyclic) bond motifs is 1. The number of hydrogen-bond acceptors (Lipinski definition) is 4. The number of aryl methyl sites for hydroxylation is 4. The highest BCUT2D eigenvalue weighted by atomic mass is 35.5. The van der Waals surface area contributed by atoms with Crippen molar-refractivity contribution in [2.45, 2.75) is 26.9 Å². The Bertz CT molecular complexity index is 976. The van der Waals surface area contributed by atoms with Crippen LogP contribution in [-0.2, 0) is 13.1 Å². The van der Waals surface area contributed by atoms with Crippen LogP contribution in [0.3, 0.4) is 0 Å². The van der Waals surface area contributed by atoms with Crippen LogP contribution >= 0.6 is 22.9 Å². The molecule has 0 aromatic carbocycles. The zero-order valence-corrected chi connectivity index (χ0v) is 14.3. The molecule has 4 aromatic rings. The maximum Gasteiger partial charge on any atom is 0.195 e. The number of aromatic nitrogens is 6. The molecule has 4 heterocycles. The summed E-state index contributed by atoms with van der Waals surface area (Å²) >= 11 is 7.88. The Morgan fingerprint density at radius 3 is 2.87 bits per heavy atom. The Hall–Kier alpha value is -2.12. The Kier molecular flexibility index (Phi) is 3.46. The van der Waals surface area contributed by atoms with E-state index >= 15 is 0 Å². The summed E-state index contributed by atoms with van der Waals surface area (Å²) in [6.45, 7) is 5.63. The topological polar surface area (TPSA) is 52.9 Å². The van der Waals surface area contributed by atoms with E-state index < -0.39 is 0 Å². The van der Waals surface area contributed by atoms with Gasteiger partial charge in [-0.25, -0.2) is 9.97 Å². The van der Waals surface area contributed by atoms with E-state index in [2.05, 4.69) is 32.6 Å². The lowest BCUT2D eigenvalue weighted by Crippen LogP contribution is -2.11. The van der Waals surface area contributed by atoms with Crippen LogP contribution in [0.2, 0.25) is 5.15 Å². The Morgan fingerprint density at radius 2 is 2.09 bits per heavy atom. The zero-order chi connectivity index (χ0) is 16.0. The molecular weight excluding hydrogens is 332 g/mol. The first kappa shape index (κ1) is 14.5. The molecular formula is C15H15ClN6S. The summed E-state index contributed by atoms with van der Waals surface area (Å²) < 4.78 is 6.08. The fraction of sp³-hybridized carbons (Fsp3) is 0.267. The number of halogens is 1. The van der Waals surface area contributed by atoms with Gasteiger partial charge in [0.25, 0.3) is 0 Å². The van der Waals surface area contributed by atoms with Crippen LogP contribution in [0.1, 0.15) is 11.4 Å². The SMILES string of the molecule is Cc1cc(C)n(CCn2ccnc2-c2c(Cl)nc3sccn23)n1. The summed E-state index contributed by atoms with van der Waals surface area (Å²) in [5, 5.41) is 6.98. The minimum absolute atomic E-state index is 0.482. The highest BCUT2D eigenvalue weighted by Gasteiger charge is 2.18. The summed E-state index contributed by atoms with van der Waals surface area (Å²) in [5.41, 5.74) is 3.03. The molecule has 6 nitrogen and oxygen atoms in total. The smallest absolute Gasteiger partial charge is 0.195 e. The molecule has 118 valence electrons. The van der Waals surface area contributed by atoms with Gasteiger partial charge in [-0.15, -0.1) is 11.3 Å². The minimum atomic E-state index is 0.482. The third-order valence-electron chi connectivity index (χ3n) is 3.80. The van der Waals surface area contributed by atoms with Gasteiger partial charge in [-0.05, 0) is 19.9 Å². The van der Waals surface area contributed by atoms with Crippen molar-refractivity contribution in [1.29, 1.82) is 0 Å². The van der Waals surface area contributed by atoms with E-state index in [4.69, 9.17) is 11.6 Å². The quantitative estimate of drug-likeness (QED) is 0.569. The van der Waals surface area contributed by atoms with E-state index in [-0.39, 0.29) is 0 Å². The van der Waals surface area contributed by atoms with E-state index in [1.807, 2.05) is 33.8 Å². The first-order valence-corrected chi connectivity index (χ1v) is 8.53. The average molecular weight is 347 g/mol. The van der Waals surface area contributed by atoms with Crippen molar-refractivity contribution in [2.24, 2.45) is 0 Å². The molecule has 4 aromatic heterocycles. The van der Waals surface area contributed by atoms with Gasteiger partial charge in [-0.1, -0.05) is 11.6 Å². The molecule has 0 N–H and O–H groups in total. The van der Waals surface area contributed by atoms with Crippen molar-refractivity contribution in [3.63, 3.8) is 0 Å². The third kappa shape index (κ3) is 2.46. The fourth-order valence-electron chi connectivity index (χ4n) is 2.77. The molecule has 8 heteroatoms. The molecule has 0 aliphatic carbocycles. The maximum absolute atomic E-state index is 6.32. The molecule has 0 atom stereocenters. The number of imidazole rings is 2. The predicted molar refractivity (Wildman–Crippen MR) is 91.0 cm³/mol. The highest BCUT2D eigenvalue weighted by Crippen LogP contribution is 2.29. The van der Waals surface area contributed by atoms with Crippen LogP contribution in [0.25, 0.3) is 16.5 Å². The monoisotopic (exact) mass is 346 g/mol. The van der Waals surface area contributed by atoms with Crippen LogP contribution in [0, 0.1) is 13.8 Å².